The van der Waals surface area contributed by atoms with Crippen molar-refractivity contribution >= 4 is 17.5 Å². The highest BCUT2D eigenvalue weighted by atomic mass is 35.5. The van der Waals surface area contributed by atoms with Crippen LogP contribution in [0.25, 0.3) is 0 Å². The summed E-state index contributed by atoms with van der Waals surface area (Å²) in [5, 5.41) is 3.20. The Morgan fingerprint density at radius 1 is 1.69 bits per heavy atom. The van der Waals surface area contributed by atoms with Crippen molar-refractivity contribution in [3.8, 4) is 0 Å². The van der Waals surface area contributed by atoms with E-state index in [1.807, 2.05) is 13.0 Å². The molecule has 0 aliphatic carbocycles. The molecule has 0 atom stereocenters. The number of hydrogen-bond donors (Lipinski definition) is 1. The number of hydrogen-bond acceptors (Lipinski definition) is 2. The SMILES string of the molecule is CCC(=O)NCc1ccnc(Cl)c1. The number of carbonyl (C=O) groups is 1. The zero-order valence-corrected chi connectivity index (χ0v) is 8.14. The van der Waals surface area contributed by atoms with Gasteiger partial charge in [-0.2, -0.15) is 0 Å². The summed E-state index contributed by atoms with van der Waals surface area (Å²) >= 11 is 5.67. The van der Waals surface area contributed by atoms with E-state index in [2.05, 4.69) is 10.3 Å². The van der Waals surface area contributed by atoms with Gasteiger partial charge in [0.15, 0.2) is 0 Å². The predicted molar refractivity (Wildman–Crippen MR) is 51.4 cm³/mol. The summed E-state index contributed by atoms with van der Waals surface area (Å²) < 4.78 is 0. The van der Waals surface area contributed by atoms with Gasteiger partial charge in [0.1, 0.15) is 5.15 Å². The fourth-order valence-corrected chi connectivity index (χ4v) is 1.07. The van der Waals surface area contributed by atoms with Crippen LogP contribution in [0.15, 0.2) is 18.3 Å². The topological polar surface area (TPSA) is 42.0 Å². The molecular formula is C9H11ClN2O. The van der Waals surface area contributed by atoms with E-state index in [4.69, 9.17) is 11.6 Å². The van der Waals surface area contributed by atoms with Gasteiger partial charge in [0, 0.05) is 19.2 Å². The molecule has 1 N–H and O–H groups in total. The zero-order chi connectivity index (χ0) is 9.68. The molecule has 1 aromatic heterocycles. The number of amides is 1. The summed E-state index contributed by atoms with van der Waals surface area (Å²) in [4.78, 5) is 14.8. The molecule has 4 heteroatoms. The summed E-state index contributed by atoms with van der Waals surface area (Å²) in [6, 6.07) is 3.55. The van der Waals surface area contributed by atoms with Gasteiger partial charge in [-0.15, -0.1) is 0 Å². The maximum Gasteiger partial charge on any atom is 0.219 e. The standard InChI is InChI=1S/C9H11ClN2O/c1-2-9(13)12-6-7-3-4-11-8(10)5-7/h3-5H,2,6H2,1H3,(H,12,13). The number of pyridine rings is 1. The van der Waals surface area contributed by atoms with Crippen LogP contribution in [0.3, 0.4) is 0 Å². The molecule has 0 aromatic carbocycles. The van der Waals surface area contributed by atoms with Crippen molar-refractivity contribution in [1.82, 2.24) is 10.3 Å². The Hall–Kier alpha value is -1.09. The Morgan fingerprint density at radius 2 is 2.46 bits per heavy atom. The molecule has 0 saturated heterocycles. The van der Waals surface area contributed by atoms with E-state index in [9.17, 15) is 4.79 Å². The molecule has 3 nitrogen and oxygen atoms in total. The van der Waals surface area contributed by atoms with E-state index in [0.29, 0.717) is 18.1 Å². The quantitative estimate of drug-likeness (QED) is 0.753. The van der Waals surface area contributed by atoms with Crippen LogP contribution < -0.4 is 5.32 Å². The lowest BCUT2D eigenvalue weighted by Gasteiger charge is -2.02. The number of aromatic nitrogens is 1. The van der Waals surface area contributed by atoms with Gasteiger partial charge >= 0.3 is 0 Å². The highest BCUT2D eigenvalue weighted by Gasteiger charge is 1.97. The van der Waals surface area contributed by atoms with E-state index >= 15 is 0 Å². The lowest BCUT2D eigenvalue weighted by molar-refractivity contribution is -0.120. The first-order valence-corrected chi connectivity index (χ1v) is 4.47. The average molecular weight is 199 g/mol. The Bertz CT molecular complexity index is 301. The Morgan fingerprint density at radius 3 is 3.08 bits per heavy atom. The molecule has 13 heavy (non-hydrogen) atoms. The Labute approximate surface area is 82.1 Å². The monoisotopic (exact) mass is 198 g/mol. The Kier molecular flexibility index (Phi) is 3.71. The summed E-state index contributed by atoms with van der Waals surface area (Å²) in [6.07, 6.45) is 2.12. The van der Waals surface area contributed by atoms with Crippen LogP contribution in [0.1, 0.15) is 18.9 Å². The van der Waals surface area contributed by atoms with Crippen molar-refractivity contribution in [3.63, 3.8) is 0 Å². The second-order valence-corrected chi connectivity index (χ2v) is 3.00. The molecule has 0 spiro atoms. The number of nitrogens with zero attached hydrogens (tertiary/aromatic N) is 1. The molecule has 1 heterocycles. The van der Waals surface area contributed by atoms with Crippen LogP contribution in [0, 0.1) is 0 Å². The summed E-state index contributed by atoms with van der Waals surface area (Å²) in [7, 11) is 0. The van der Waals surface area contributed by atoms with Crippen LogP contribution >= 0.6 is 11.6 Å². The van der Waals surface area contributed by atoms with Crippen molar-refractivity contribution in [2.24, 2.45) is 0 Å². The van der Waals surface area contributed by atoms with Gasteiger partial charge in [0.25, 0.3) is 0 Å². The fourth-order valence-electron chi connectivity index (χ4n) is 0.878. The van der Waals surface area contributed by atoms with Crippen LogP contribution in [-0.2, 0) is 11.3 Å². The van der Waals surface area contributed by atoms with Crippen LogP contribution in [0.2, 0.25) is 5.15 Å². The molecule has 0 bridgehead atoms. The second-order valence-electron chi connectivity index (χ2n) is 2.62. The minimum absolute atomic E-state index is 0.0351. The van der Waals surface area contributed by atoms with E-state index < -0.39 is 0 Å². The number of halogens is 1. The van der Waals surface area contributed by atoms with Crippen molar-refractivity contribution < 1.29 is 4.79 Å². The van der Waals surface area contributed by atoms with Crippen LogP contribution in [-0.4, -0.2) is 10.9 Å². The summed E-state index contributed by atoms with van der Waals surface area (Å²) in [5.41, 5.74) is 0.960. The molecule has 0 aliphatic rings. The second kappa shape index (κ2) is 4.82. The minimum atomic E-state index is 0.0351. The summed E-state index contributed by atoms with van der Waals surface area (Å²) in [5.74, 6) is 0.0351. The van der Waals surface area contributed by atoms with Gasteiger partial charge in [0.05, 0.1) is 0 Å². The Balaban J connectivity index is 2.50. The van der Waals surface area contributed by atoms with Crippen LogP contribution in [0.4, 0.5) is 0 Å². The molecule has 1 aromatic rings. The molecular weight excluding hydrogens is 188 g/mol. The van der Waals surface area contributed by atoms with E-state index in [1.54, 1.807) is 12.3 Å². The third kappa shape index (κ3) is 3.42. The van der Waals surface area contributed by atoms with Gasteiger partial charge in [-0.25, -0.2) is 4.98 Å². The molecule has 0 fully saturated rings. The van der Waals surface area contributed by atoms with Crippen LogP contribution in [0.5, 0.6) is 0 Å². The van der Waals surface area contributed by atoms with Gasteiger partial charge in [-0.05, 0) is 17.7 Å². The average Bonchev–Trinajstić information content (AvgIpc) is 2.14. The first kappa shape index (κ1) is 9.99. The molecule has 70 valence electrons. The first-order valence-electron chi connectivity index (χ1n) is 4.09. The summed E-state index contributed by atoms with van der Waals surface area (Å²) in [6.45, 7) is 2.32. The highest BCUT2D eigenvalue weighted by molar-refractivity contribution is 6.29. The zero-order valence-electron chi connectivity index (χ0n) is 7.38. The largest absolute Gasteiger partial charge is 0.352 e. The lowest BCUT2D eigenvalue weighted by Crippen LogP contribution is -2.21. The molecule has 1 amide bonds. The lowest BCUT2D eigenvalue weighted by atomic mass is 10.2. The van der Waals surface area contributed by atoms with Crippen molar-refractivity contribution in [1.29, 1.82) is 0 Å². The van der Waals surface area contributed by atoms with Gasteiger partial charge in [-0.1, -0.05) is 18.5 Å². The molecule has 0 saturated carbocycles. The van der Waals surface area contributed by atoms with Crippen molar-refractivity contribution in [3.05, 3.63) is 29.0 Å². The molecule has 0 aliphatic heterocycles. The van der Waals surface area contributed by atoms with E-state index in [1.165, 1.54) is 0 Å². The smallest absolute Gasteiger partial charge is 0.219 e. The van der Waals surface area contributed by atoms with Gasteiger partial charge in [0.2, 0.25) is 5.91 Å². The maximum atomic E-state index is 10.9. The fraction of sp³-hybridized carbons (Fsp3) is 0.333. The van der Waals surface area contributed by atoms with Crippen molar-refractivity contribution in [2.75, 3.05) is 0 Å². The van der Waals surface area contributed by atoms with Gasteiger partial charge < -0.3 is 5.32 Å². The van der Waals surface area contributed by atoms with Crippen molar-refractivity contribution in [2.45, 2.75) is 19.9 Å². The minimum Gasteiger partial charge on any atom is -0.352 e. The number of carbonyl (C=O) groups excluding carboxylic acids is 1. The predicted octanol–water partition coefficient (Wildman–Crippen LogP) is 1.76. The van der Waals surface area contributed by atoms with Gasteiger partial charge in [-0.3, -0.25) is 4.79 Å². The molecule has 0 radical (unpaired) electrons. The third-order valence-electron chi connectivity index (χ3n) is 1.60. The third-order valence-corrected chi connectivity index (χ3v) is 1.81. The maximum absolute atomic E-state index is 10.9. The van der Waals surface area contributed by atoms with E-state index in [0.717, 1.165) is 5.56 Å². The molecule has 1 rings (SSSR count). The first-order chi connectivity index (χ1) is 6.22. The number of nitrogens with one attached hydrogen (secondary N) is 1. The highest BCUT2D eigenvalue weighted by Crippen LogP contribution is 2.06. The normalized spacial score (nSPS) is 9.69. The molecule has 0 unspecified atom stereocenters. The number of rotatable bonds is 3. The van der Waals surface area contributed by atoms with E-state index in [-0.39, 0.29) is 5.91 Å².